The number of anilines is 1. The van der Waals surface area contributed by atoms with E-state index in [2.05, 4.69) is 15.6 Å². The second kappa shape index (κ2) is 11.2. The fourth-order valence-corrected chi connectivity index (χ4v) is 2.47. The molecule has 0 radical (unpaired) electrons. The van der Waals surface area contributed by atoms with Crippen LogP contribution in [0, 0.1) is 0 Å². The molecule has 2 amide bonds. The van der Waals surface area contributed by atoms with Gasteiger partial charge in [-0.3, -0.25) is 14.4 Å². The van der Waals surface area contributed by atoms with Gasteiger partial charge in [-0.1, -0.05) is 24.3 Å². The summed E-state index contributed by atoms with van der Waals surface area (Å²) in [6.07, 6.45) is 4.87. The lowest BCUT2D eigenvalue weighted by Crippen LogP contribution is -2.44. The first kappa shape index (κ1) is 21.6. The van der Waals surface area contributed by atoms with Crippen molar-refractivity contribution in [3.8, 4) is 0 Å². The van der Waals surface area contributed by atoms with E-state index in [0.717, 1.165) is 0 Å². The first-order valence-corrected chi connectivity index (χ1v) is 9.19. The van der Waals surface area contributed by atoms with E-state index in [-0.39, 0.29) is 18.7 Å². The minimum Gasteiger partial charge on any atom is -0.463 e. The molecule has 0 saturated heterocycles. The molecule has 0 aliphatic rings. The zero-order chi connectivity index (χ0) is 21.1. The third kappa shape index (κ3) is 7.10. The lowest BCUT2D eigenvalue weighted by molar-refractivity contribution is -0.137. The molecule has 1 aromatic carbocycles. The van der Waals surface area contributed by atoms with Crippen LogP contribution >= 0.6 is 0 Å². The molecule has 0 fully saturated rings. The van der Waals surface area contributed by atoms with E-state index in [1.807, 2.05) is 0 Å². The summed E-state index contributed by atoms with van der Waals surface area (Å²) in [6.45, 7) is 1.98. The first-order chi connectivity index (χ1) is 14.0. The predicted octanol–water partition coefficient (Wildman–Crippen LogP) is 2.01. The zero-order valence-corrected chi connectivity index (χ0v) is 16.0. The molecular weight excluding hydrogens is 374 g/mol. The topological polar surface area (TPSA) is 117 Å². The number of hydrogen-bond donors (Lipinski definition) is 3. The number of esters is 1. The summed E-state index contributed by atoms with van der Waals surface area (Å²) in [5, 5.41) is 5.20. The standard InChI is InChI=1S/C21H23N3O5/c1-2-29-18(25)13-7-6-11-17(23-19(26)15-9-4-3-5-10-15)21(28)24-16-12-8-14-22-20(16)27/h3-5,7-10,12-14,17H,2,6,11H2,1H3,(H,22,27)(H,23,26)(H,24,28)/b13-7+/t17-/m0/s1. The number of nitrogens with one attached hydrogen (secondary N) is 3. The third-order valence-corrected chi connectivity index (χ3v) is 3.90. The number of aromatic amines is 1. The third-order valence-electron chi connectivity index (χ3n) is 3.90. The van der Waals surface area contributed by atoms with Crippen LogP contribution in [0.15, 0.2) is 65.6 Å². The van der Waals surface area contributed by atoms with Crippen LogP contribution in [0.2, 0.25) is 0 Å². The largest absolute Gasteiger partial charge is 0.463 e. The van der Waals surface area contributed by atoms with Crippen molar-refractivity contribution < 1.29 is 19.1 Å². The summed E-state index contributed by atoms with van der Waals surface area (Å²) in [7, 11) is 0. The van der Waals surface area contributed by atoms with Gasteiger partial charge in [-0.2, -0.15) is 0 Å². The van der Waals surface area contributed by atoms with Crippen LogP contribution in [0.5, 0.6) is 0 Å². The normalized spacial score (nSPS) is 11.6. The number of ether oxygens (including phenoxy) is 1. The van der Waals surface area contributed by atoms with E-state index in [1.54, 1.807) is 49.4 Å². The Morgan fingerprint density at radius 1 is 1.14 bits per heavy atom. The Morgan fingerprint density at radius 2 is 1.90 bits per heavy atom. The minimum atomic E-state index is -0.908. The van der Waals surface area contributed by atoms with Crippen molar-refractivity contribution in [3.63, 3.8) is 0 Å². The second-order valence-corrected chi connectivity index (χ2v) is 6.03. The van der Waals surface area contributed by atoms with Crippen molar-refractivity contribution in [2.24, 2.45) is 0 Å². The molecule has 0 unspecified atom stereocenters. The number of carbonyl (C=O) groups excluding carboxylic acids is 3. The van der Waals surface area contributed by atoms with Gasteiger partial charge in [0.1, 0.15) is 11.7 Å². The Labute approximate surface area is 168 Å². The van der Waals surface area contributed by atoms with E-state index < -0.39 is 29.4 Å². The highest BCUT2D eigenvalue weighted by atomic mass is 16.5. The molecule has 8 nitrogen and oxygen atoms in total. The molecule has 0 bridgehead atoms. The van der Waals surface area contributed by atoms with Gasteiger partial charge in [0, 0.05) is 17.8 Å². The maximum atomic E-state index is 12.7. The number of allylic oxidation sites excluding steroid dienone is 1. The van der Waals surface area contributed by atoms with Crippen molar-refractivity contribution >= 4 is 23.5 Å². The number of hydrogen-bond acceptors (Lipinski definition) is 5. The van der Waals surface area contributed by atoms with Crippen molar-refractivity contribution in [1.29, 1.82) is 0 Å². The molecule has 0 spiro atoms. The van der Waals surface area contributed by atoms with Gasteiger partial charge in [0.05, 0.1) is 6.61 Å². The van der Waals surface area contributed by atoms with Gasteiger partial charge in [-0.05, 0) is 44.0 Å². The van der Waals surface area contributed by atoms with E-state index in [9.17, 15) is 19.2 Å². The van der Waals surface area contributed by atoms with Gasteiger partial charge in [-0.15, -0.1) is 0 Å². The maximum Gasteiger partial charge on any atom is 0.330 e. The molecule has 2 aromatic rings. The van der Waals surface area contributed by atoms with Crippen LogP contribution < -0.4 is 16.2 Å². The van der Waals surface area contributed by atoms with E-state index in [1.165, 1.54) is 18.3 Å². The Morgan fingerprint density at radius 3 is 2.59 bits per heavy atom. The summed E-state index contributed by atoms with van der Waals surface area (Å²) in [6, 6.07) is 10.6. The van der Waals surface area contributed by atoms with Crippen molar-refractivity contribution in [2.45, 2.75) is 25.8 Å². The summed E-state index contributed by atoms with van der Waals surface area (Å²) in [5.41, 5.74) is 0.0413. The smallest absolute Gasteiger partial charge is 0.330 e. The highest BCUT2D eigenvalue weighted by Gasteiger charge is 2.21. The molecule has 0 saturated carbocycles. The molecule has 1 heterocycles. The monoisotopic (exact) mass is 397 g/mol. The van der Waals surface area contributed by atoms with Crippen molar-refractivity contribution in [2.75, 3.05) is 11.9 Å². The minimum absolute atomic E-state index is 0.0820. The van der Waals surface area contributed by atoms with Crippen LogP contribution in [0.3, 0.4) is 0 Å². The zero-order valence-electron chi connectivity index (χ0n) is 16.0. The SMILES string of the molecule is CCOC(=O)/C=C/CC[C@H](NC(=O)c1ccccc1)C(=O)Nc1ccc[nH]c1=O. The van der Waals surface area contributed by atoms with Crippen LogP contribution in [0.25, 0.3) is 0 Å². The van der Waals surface area contributed by atoms with Crippen LogP contribution in [-0.2, 0) is 14.3 Å². The molecule has 29 heavy (non-hydrogen) atoms. The van der Waals surface area contributed by atoms with E-state index >= 15 is 0 Å². The summed E-state index contributed by atoms with van der Waals surface area (Å²) in [4.78, 5) is 50.8. The highest BCUT2D eigenvalue weighted by Crippen LogP contribution is 2.06. The van der Waals surface area contributed by atoms with Gasteiger partial charge in [0.25, 0.3) is 11.5 Å². The van der Waals surface area contributed by atoms with Gasteiger partial charge in [0.15, 0.2) is 0 Å². The van der Waals surface area contributed by atoms with Gasteiger partial charge in [-0.25, -0.2) is 4.79 Å². The molecule has 0 aliphatic carbocycles. The van der Waals surface area contributed by atoms with Crippen LogP contribution in [-0.4, -0.2) is 35.4 Å². The Kier molecular flexibility index (Phi) is 8.37. The fraction of sp³-hybridized carbons (Fsp3) is 0.238. The number of aromatic nitrogens is 1. The second-order valence-electron chi connectivity index (χ2n) is 6.03. The number of rotatable bonds is 9. The lowest BCUT2D eigenvalue weighted by atomic mass is 10.1. The number of pyridine rings is 1. The number of benzene rings is 1. The van der Waals surface area contributed by atoms with E-state index in [0.29, 0.717) is 12.0 Å². The molecule has 3 N–H and O–H groups in total. The van der Waals surface area contributed by atoms with Crippen molar-refractivity contribution in [3.05, 3.63) is 76.7 Å². The van der Waals surface area contributed by atoms with Crippen molar-refractivity contribution in [1.82, 2.24) is 10.3 Å². The predicted molar refractivity (Wildman–Crippen MR) is 108 cm³/mol. The molecule has 152 valence electrons. The Balaban J connectivity index is 2.08. The molecule has 8 heteroatoms. The summed E-state index contributed by atoms with van der Waals surface area (Å²) >= 11 is 0. The van der Waals surface area contributed by atoms with Gasteiger partial charge in [0.2, 0.25) is 5.91 Å². The van der Waals surface area contributed by atoms with Gasteiger partial charge >= 0.3 is 5.97 Å². The first-order valence-electron chi connectivity index (χ1n) is 9.19. The number of amides is 2. The quantitative estimate of drug-likeness (QED) is 0.442. The average Bonchev–Trinajstić information content (AvgIpc) is 2.72. The molecule has 2 rings (SSSR count). The number of carbonyl (C=O) groups is 3. The average molecular weight is 397 g/mol. The molecule has 0 aliphatic heterocycles. The Hall–Kier alpha value is -3.68. The molecule has 1 aromatic heterocycles. The van der Waals surface area contributed by atoms with Crippen LogP contribution in [0.4, 0.5) is 5.69 Å². The number of H-pyrrole nitrogens is 1. The summed E-state index contributed by atoms with van der Waals surface area (Å²) in [5.74, 6) is -1.42. The highest BCUT2D eigenvalue weighted by molar-refractivity contribution is 6.01. The lowest BCUT2D eigenvalue weighted by Gasteiger charge is -2.18. The van der Waals surface area contributed by atoms with E-state index in [4.69, 9.17) is 4.74 Å². The fourth-order valence-electron chi connectivity index (χ4n) is 2.47. The maximum absolute atomic E-state index is 12.7. The van der Waals surface area contributed by atoms with Gasteiger partial charge < -0.3 is 20.4 Å². The molecule has 1 atom stereocenters. The Bertz CT molecular complexity index is 921. The molecular formula is C21H23N3O5. The summed E-state index contributed by atoms with van der Waals surface area (Å²) < 4.78 is 4.80. The van der Waals surface area contributed by atoms with Crippen LogP contribution in [0.1, 0.15) is 30.1 Å².